The maximum atomic E-state index is 13.8. The van der Waals surface area contributed by atoms with Crippen LogP contribution in [-0.4, -0.2) is 42.6 Å². The number of aliphatic hydroxyl groups excluding tert-OH is 1. The highest BCUT2D eigenvalue weighted by atomic mass is 19.2. The predicted molar refractivity (Wildman–Crippen MR) is 123 cm³/mol. The number of aliphatic hydroxyl groups is 1. The summed E-state index contributed by atoms with van der Waals surface area (Å²) in [6.45, 7) is 2.30. The molecule has 1 aliphatic heterocycles. The third-order valence-electron chi connectivity index (χ3n) is 6.00. The molecule has 2 atom stereocenters. The Labute approximate surface area is 199 Å². The first kappa shape index (κ1) is 22.9. The number of imidazole rings is 1. The molecule has 0 aliphatic carbocycles. The summed E-state index contributed by atoms with van der Waals surface area (Å²) in [5.41, 5.74) is 2.68. The van der Waals surface area contributed by atoms with Crippen molar-refractivity contribution in [2.45, 2.75) is 31.9 Å². The van der Waals surface area contributed by atoms with Gasteiger partial charge in [0.05, 0.1) is 36.8 Å². The van der Waals surface area contributed by atoms with Crippen molar-refractivity contribution in [2.24, 2.45) is 0 Å². The van der Waals surface area contributed by atoms with Crippen molar-refractivity contribution in [3.63, 3.8) is 0 Å². The van der Waals surface area contributed by atoms with Crippen LogP contribution in [0.4, 0.5) is 13.2 Å². The molecule has 7 nitrogen and oxygen atoms in total. The van der Waals surface area contributed by atoms with Gasteiger partial charge in [0, 0.05) is 12.7 Å². The second kappa shape index (κ2) is 9.03. The number of benzene rings is 2. The van der Waals surface area contributed by atoms with E-state index in [2.05, 4.69) is 15.1 Å². The molecule has 0 amide bonds. The highest BCUT2D eigenvalue weighted by molar-refractivity contribution is 5.69. The Bertz CT molecular complexity index is 1410. The van der Waals surface area contributed by atoms with E-state index in [0.29, 0.717) is 30.4 Å². The van der Waals surface area contributed by atoms with Crippen LogP contribution < -0.4 is 4.74 Å². The number of halogens is 3. The van der Waals surface area contributed by atoms with Crippen LogP contribution >= 0.6 is 0 Å². The average molecular weight is 481 g/mol. The van der Waals surface area contributed by atoms with Gasteiger partial charge in [-0.3, -0.25) is 0 Å². The molecule has 180 valence electrons. The van der Waals surface area contributed by atoms with Crippen molar-refractivity contribution < 1.29 is 23.0 Å². The molecule has 1 aliphatic rings. The molecule has 4 aromatic rings. The van der Waals surface area contributed by atoms with E-state index < -0.39 is 29.5 Å². The Hall–Kier alpha value is -3.92. The van der Waals surface area contributed by atoms with Crippen molar-refractivity contribution in [3.8, 4) is 11.4 Å². The van der Waals surface area contributed by atoms with E-state index in [-0.39, 0.29) is 5.56 Å². The Morgan fingerprint density at radius 2 is 1.89 bits per heavy atom. The minimum atomic E-state index is -1.55. The minimum absolute atomic E-state index is 0.104. The summed E-state index contributed by atoms with van der Waals surface area (Å²) in [4.78, 5) is 8.73. The molecule has 3 heterocycles. The zero-order valence-corrected chi connectivity index (χ0v) is 19.0. The summed E-state index contributed by atoms with van der Waals surface area (Å²) in [5.74, 6) is -3.62. The number of rotatable bonds is 5. The number of fused-ring (bicyclic) bond motifs is 1. The maximum Gasteiger partial charge on any atom is 0.194 e. The number of hydrogen-bond donors (Lipinski definition) is 1. The highest BCUT2D eigenvalue weighted by Crippen LogP contribution is 2.34. The maximum absolute atomic E-state index is 13.8. The van der Waals surface area contributed by atoms with Gasteiger partial charge in [0.25, 0.3) is 0 Å². The lowest BCUT2D eigenvalue weighted by Gasteiger charge is -2.27. The van der Waals surface area contributed by atoms with Crippen LogP contribution in [0.25, 0.3) is 17.8 Å². The lowest BCUT2D eigenvalue weighted by atomic mass is 9.88. The van der Waals surface area contributed by atoms with E-state index >= 15 is 0 Å². The molecule has 0 unspecified atom stereocenters. The zero-order valence-electron chi connectivity index (χ0n) is 19.0. The monoisotopic (exact) mass is 481 g/mol. The number of nitrogens with zero attached hydrogens (tertiary/aromatic N) is 5. The molecule has 0 radical (unpaired) electrons. The van der Waals surface area contributed by atoms with Crippen LogP contribution in [0.1, 0.15) is 40.8 Å². The van der Waals surface area contributed by atoms with Gasteiger partial charge in [0.2, 0.25) is 0 Å². The van der Waals surface area contributed by atoms with Gasteiger partial charge < -0.3 is 14.4 Å². The second-order valence-electron chi connectivity index (χ2n) is 8.37. The minimum Gasteiger partial charge on any atom is -0.495 e. The van der Waals surface area contributed by atoms with Crippen LogP contribution in [0.15, 0.2) is 42.9 Å². The molecule has 0 bridgehead atoms. The Balaban J connectivity index is 1.44. The van der Waals surface area contributed by atoms with Gasteiger partial charge in [-0.2, -0.15) is 5.10 Å². The third kappa shape index (κ3) is 4.32. The fourth-order valence-corrected chi connectivity index (χ4v) is 4.29. The van der Waals surface area contributed by atoms with E-state index in [1.165, 1.54) is 0 Å². The number of methoxy groups -OCH3 is 1. The summed E-state index contributed by atoms with van der Waals surface area (Å²) in [5, 5.41) is 15.0. The second-order valence-corrected chi connectivity index (χ2v) is 8.37. The lowest BCUT2D eigenvalue weighted by molar-refractivity contribution is 0.118. The van der Waals surface area contributed by atoms with Crippen LogP contribution in [-0.2, 0) is 6.54 Å². The average Bonchev–Trinajstić information content (AvgIpc) is 3.46. The summed E-state index contributed by atoms with van der Waals surface area (Å²) < 4.78 is 50.1. The summed E-state index contributed by atoms with van der Waals surface area (Å²) >= 11 is 0. The normalized spacial score (nSPS) is 17.7. The molecule has 5 rings (SSSR count). The van der Waals surface area contributed by atoms with Crippen LogP contribution in [0.5, 0.6) is 5.75 Å². The van der Waals surface area contributed by atoms with Crippen molar-refractivity contribution in [3.05, 3.63) is 88.8 Å². The first-order valence-electron chi connectivity index (χ1n) is 11.0. The fourth-order valence-electron chi connectivity index (χ4n) is 4.29. The third-order valence-corrected chi connectivity index (χ3v) is 6.00. The molecule has 0 saturated heterocycles. The van der Waals surface area contributed by atoms with Gasteiger partial charge in [-0.15, -0.1) is 0 Å². The Morgan fingerprint density at radius 1 is 1.11 bits per heavy atom. The van der Waals surface area contributed by atoms with Crippen LogP contribution in [0, 0.1) is 24.4 Å². The van der Waals surface area contributed by atoms with Crippen LogP contribution in [0.3, 0.4) is 0 Å². The molecule has 10 heteroatoms. The number of ether oxygens (including phenoxy) is 1. The Morgan fingerprint density at radius 3 is 2.57 bits per heavy atom. The number of aromatic nitrogens is 5. The van der Waals surface area contributed by atoms with Crippen molar-refractivity contribution in [2.75, 3.05) is 7.11 Å². The van der Waals surface area contributed by atoms with Crippen molar-refractivity contribution in [1.29, 1.82) is 0 Å². The lowest BCUT2D eigenvalue weighted by Crippen LogP contribution is -2.30. The number of hydrogen-bond acceptors (Lipinski definition) is 5. The van der Waals surface area contributed by atoms with Crippen molar-refractivity contribution >= 4 is 12.2 Å². The summed E-state index contributed by atoms with van der Waals surface area (Å²) in [7, 11) is 1.59. The smallest absolute Gasteiger partial charge is 0.194 e. The van der Waals surface area contributed by atoms with Crippen LogP contribution in [0.2, 0.25) is 0 Å². The number of aryl methyl sites for hydroxylation is 2. The van der Waals surface area contributed by atoms with E-state index in [1.807, 2.05) is 42.0 Å². The first-order chi connectivity index (χ1) is 16.8. The molecule has 0 saturated carbocycles. The van der Waals surface area contributed by atoms with E-state index in [1.54, 1.807) is 24.2 Å². The molecule has 2 aromatic carbocycles. The van der Waals surface area contributed by atoms with E-state index in [9.17, 15) is 18.3 Å². The van der Waals surface area contributed by atoms with Gasteiger partial charge in [0.15, 0.2) is 23.3 Å². The quantitative estimate of drug-likeness (QED) is 0.431. The van der Waals surface area contributed by atoms with E-state index in [0.717, 1.165) is 29.1 Å². The van der Waals surface area contributed by atoms with Gasteiger partial charge >= 0.3 is 0 Å². The van der Waals surface area contributed by atoms with Gasteiger partial charge in [-0.1, -0.05) is 12.1 Å². The van der Waals surface area contributed by atoms with Gasteiger partial charge in [-0.25, -0.2) is 27.8 Å². The molecule has 2 aromatic heterocycles. The first-order valence-corrected chi connectivity index (χ1v) is 11.0. The predicted octanol–water partition coefficient (Wildman–Crippen LogP) is 4.27. The standard InChI is InChI=1S/C25H22F3N5O2/c1-14-12-32(13-29-14)19-5-3-15(9-21(19)35-2)4-6-22-30-25-23(20(34)7-8-33(25)31-22)16-10-17(26)24(28)18(27)11-16/h3-6,9-13,20,23,34H,7-8H2,1-2H3/t20-,23-/m0/s1. The summed E-state index contributed by atoms with van der Waals surface area (Å²) in [6, 6.07) is 7.48. The molecular weight excluding hydrogens is 459 g/mol. The van der Waals surface area contributed by atoms with Gasteiger partial charge in [0.1, 0.15) is 11.6 Å². The largest absolute Gasteiger partial charge is 0.495 e. The van der Waals surface area contributed by atoms with E-state index in [4.69, 9.17) is 4.74 Å². The van der Waals surface area contributed by atoms with Crippen molar-refractivity contribution in [1.82, 2.24) is 24.3 Å². The molecule has 0 spiro atoms. The molecule has 35 heavy (non-hydrogen) atoms. The zero-order chi connectivity index (χ0) is 24.7. The summed E-state index contributed by atoms with van der Waals surface area (Å²) in [6.07, 6.45) is 6.52. The highest BCUT2D eigenvalue weighted by Gasteiger charge is 2.34. The van der Waals surface area contributed by atoms with Gasteiger partial charge in [-0.05, 0) is 54.8 Å². The molecule has 0 fully saturated rings. The molecular formula is C25H22F3N5O2. The topological polar surface area (TPSA) is 78.0 Å². The molecule has 1 N–H and O–H groups in total. The fraction of sp³-hybridized carbons (Fsp3) is 0.240. The SMILES string of the molecule is COc1cc(C=Cc2nc3n(n2)CC[C@H](O)[C@@H]3c2cc(F)c(F)c(F)c2)ccc1-n1cnc(C)c1. The Kier molecular flexibility index (Phi) is 5.89.